The van der Waals surface area contributed by atoms with Gasteiger partial charge < -0.3 is 13.8 Å². The van der Waals surface area contributed by atoms with Gasteiger partial charge in [0.25, 0.3) is 5.91 Å². The normalized spacial score (nSPS) is 27.7. The molecule has 3 atom stereocenters. The third kappa shape index (κ3) is 4.29. The fraction of sp³-hybridized carbons (Fsp3) is 0.667. The summed E-state index contributed by atoms with van der Waals surface area (Å²) in [6.07, 6.45) is 9.41. The molecule has 0 N–H and O–H groups in total. The Morgan fingerprint density at radius 2 is 1.83 bits per heavy atom. The number of amides is 1. The van der Waals surface area contributed by atoms with Crippen LogP contribution in [0.25, 0.3) is 11.5 Å². The molecule has 2 saturated carbocycles. The standard InChI is InChI=1S/C24H34N2O3/c1-16-7-8-19(14-17(16)2)26(18-9-11-24(3,4)12-10-18)23(27)20-15-22(29-25-20)21-6-5-13-28-21/h5-6,13,15-19H,7-12,14H2,1-4H3. The molecule has 0 spiro atoms. The lowest BCUT2D eigenvalue weighted by molar-refractivity contribution is 0.0262. The van der Waals surface area contributed by atoms with Crippen LogP contribution in [-0.2, 0) is 0 Å². The van der Waals surface area contributed by atoms with E-state index < -0.39 is 0 Å². The third-order valence-electron chi connectivity index (χ3n) is 7.39. The summed E-state index contributed by atoms with van der Waals surface area (Å²) >= 11 is 0. The summed E-state index contributed by atoms with van der Waals surface area (Å²) in [6, 6.07) is 5.95. The van der Waals surface area contributed by atoms with E-state index >= 15 is 0 Å². The van der Waals surface area contributed by atoms with Gasteiger partial charge in [-0.3, -0.25) is 4.79 Å². The number of rotatable bonds is 4. The van der Waals surface area contributed by atoms with E-state index in [2.05, 4.69) is 37.8 Å². The Hall–Kier alpha value is -2.04. The van der Waals surface area contributed by atoms with Crippen molar-refractivity contribution in [2.24, 2.45) is 17.3 Å². The first-order valence-corrected chi connectivity index (χ1v) is 11.2. The summed E-state index contributed by atoms with van der Waals surface area (Å²) < 4.78 is 10.8. The van der Waals surface area contributed by atoms with Gasteiger partial charge in [-0.25, -0.2) is 0 Å². The summed E-state index contributed by atoms with van der Waals surface area (Å²) in [5.74, 6) is 2.49. The van der Waals surface area contributed by atoms with Crippen LogP contribution in [0.15, 0.2) is 33.4 Å². The molecule has 2 heterocycles. The number of aromatic nitrogens is 1. The van der Waals surface area contributed by atoms with Crippen molar-refractivity contribution in [1.29, 1.82) is 0 Å². The maximum absolute atomic E-state index is 13.6. The van der Waals surface area contributed by atoms with Crippen LogP contribution in [0, 0.1) is 17.3 Å². The van der Waals surface area contributed by atoms with E-state index in [1.54, 1.807) is 18.4 Å². The SMILES string of the molecule is CC1CCC(N(C(=O)c2cc(-c3ccco3)on2)C2CCC(C)(C)CC2)CC1C. The lowest BCUT2D eigenvalue weighted by Crippen LogP contribution is -2.51. The maximum atomic E-state index is 13.6. The van der Waals surface area contributed by atoms with Gasteiger partial charge in [0.1, 0.15) is 0 Å². The van der Waals surface area contributed by atoms with Crippen molar-refractivity contribution in [1.82, 2.24) is 10.1 Å². The zero-order valence-corrected chi connectivity index (χ0v) is 18.2. The lowest BCUT2D eigenvalue weighted by atomic mass is 9.73. The molecule has 0 saturated heterocycles. The molecule has 2 fully saturated rings. The quantitative estimate of drug-likeness (QED) is 0.618. The third-order valence-corrected chi connectivity index (χ3v) is 7.39. The summed E-state index contributed by atoms with van der Waals surface area (Å²) in [5, 5.41) is 4.12. The molecule has 5 heteroatoms. The van der Waals surface area contributed by atoms with Crippen molar-refractivity contribution in [2.45, 2.75) is 84.7 Å². The predicted octanol–water partition coefficient (Wildman–Crippen LogP) is 6.17. The van der Waals surface area contributed by atoms with Gasteiger partial charge in [0.2, 0.25) is 5.76 Å². The van der Waals surface area contributed by atoms with Crippen LogP contribution >= 0.6 is 0 Å². The minimum absolute atomic E-state index is 0.0167. The average Bonchev–Trinajstić information content (AvgIpc) is 3.37. The monoisotopic (exact) mass is 398 g/mol. The van der Waals surface area contributed by atoms with Crippen LogP contribution in [-0.4, -0.2) is 28.0 Å². The summed E-state index contributed by atoms with van der Waals surface area (Å²) in [4.78, 5) is 15.8. The lowest BCUT2D eigenvalue weighted by Gasteiger charge is -2.46. The van der Waals surface area contributed by atoms with Crippen LogP contribution in [0.5, 0.6) is 0 Å². The Morgan fingerprint density at radius 3 is 2.48 bits per heavy atom. The predicted molar refractivity (Wildman–Crippen MR) is 112 cm³/mol. The topological polar surface area (TPSA) is 59.5 Å². The van der Waals surface area contributed by atoms with Crippen molar-refractivity contribution in [3.05, 3.63) is 30.2 Å². The van der Waals surface area contributed by atoms with Crippen LogP contribution in [0.2, 0.25) is 0 Å². The Morgan fingerprint density at radius 1 is 1.07 bits per heavy atom. The molecule has 29 heavy (non-hydrogen) atoms. The highest BCUT2D eigenvalue weighted by atomic mass is 16.5. The van der Waals surface area contributed by atoms with E-state index in [-0.39, 0.29) is 5.91 Å². The van der Waals surface area contributed by atoms with Crippen molar-refractivity contribution < 1.29 is 13.7 Å². The summed E-state index contributed by atoms with van der Waals surface area (Å²) in [5.41, 5.74) is 0.771. The molecule has 2 aromatic rings. The minimum Gasteiger partial charge on any atom is -0.461 e. The first-order chi connectivity index (χ1) is 13.8. The molecular formula is C24H34N2O3. The van der Waals surface area contributed by atoms with E-state index in [0.717, 1.165) is 44.4 Å². The van der Waals surface area contributed by atoms with E-state index in [0.29, 0.717) is 40.6 Å². The summed E-state index contributed by atoms with van der Waals surface area (Å²) in [6.45, 7) is 9.35. The van der Waals surface area contributed by atoms with Crippen molar-refractivity contribution in [3.8, 4) is 11.5 Å². The van der Waals surface area contributed by atoms with E-state index in [1.165, 1.54) is 6.42 Å². The highest BCUT2D eigenvalue weighted by molar-refractivity contribution is 5.93. The molecule has 0 aromatic carbocycles. The maximum Gasteiger partial charge on any atom is 0.276 e. The number of carbonyl (C=O) groups is 1. The van der Waals surface area contributed by atoms with Crippen LogP contribution in [0.1, 0.15) is 83.1 Å². The molecule has 0 radical (unpaired) electrons. The van der Waals surface area contributed by atoms with Crippen molar-refractivity contribution in [3.63, 3.8) is 0 Å². The molecule has 2 aliphatic carbocycles. The second-order valence-corrected chi connectivity index (χ2v) is 10.1. The number of hydrogen-bond acceptors (Lipinski definition) is 4. The van der Waals surface area contributed by atoms with Gasteiger partial charge in [-0.15, -0.1) is 0 Å². The highest BCUT2D eigenvalue weighted by Gasteiger charge is 2.39. The van der Waals surface area contributed by atoms with Crippen molar-refractivity contribution in [2.75, 3.05) is 0 Å². The molecule has 2 aliphatic rings. The summed E-state index contributed by atoms with van der Waals surface area (Å²) in [7, 11) is 0. The number of hydrogen-bond donors (Lipinski definition) is 0. The molecule has 1 amide bonds. The van der Waals surface area contributed by atoms with Gasteiger partial charge in [0.15, 0.2) is 11.5 Å². The van der Waals surface area contributed by atoms with Crippen LogP contribution in [0.4, 0.5) is 0 Å². The minimum atomic E-state index is 0.0167. The fourth-order valence-corrected chi connectivity index (χ4v) is 5.11. The largest absolute Gasteiger partial charge is 0.461 e. The Bertz CT molecular complexity index is 813. The zero-order valence-electron chi connectivity index (χ0n) is 18.2. The van der Waals surface area contributed by atoms with Gasteiger partial charge in [-0.05, 0) is 74.3 Å². The molecule has 4 rings (SSSR count). The number of carbonyl (C=O) groups excluding carboxylic acids is 1. The van der Waals surface area contributed by atoms with Crippen LogP contribution in [0.3, 0.4) is 0 Å². The van der Waals surface area contributed by atoms with Crippen molar-refractivity contribution >= 4 is 5.91 Å². The van der Waals surface area contributed by atoms with E-state index in [1.807, 2.05) is 6.07 Å². The first-order valence-electron chi connectivity index (χ1n) is 11.2. The molecule has 0 bridgehead atoms. The molecule has 2 aromatic heterocycles. The van der Waals surface area contributed by atoms with Gasteiger partial charge in [-0.1, -0.05) is 32.9 Å². The Labute approximate surface area is 173 Å². The fourth-order valence-electron chi connectivity index (χ4n) is 5.11. The second-order valence-electron chi connectivity index (χ2n) is 10.1. The molecule has 0 aliphatic heterocycles. The molecule has 3 unspecified atom stereocenters. The van der Waals surface area contributed by atoms with Gasteiger partial charge >= 0.3 is 0 Å². The van der Waals surface area contributed by atoms with Gasteiger partial charge in [0.05, 0.1) is 6.26 Å². The molecular weight excluding hydrogens is 364 g/mol. The van der Waals surface area contributed by atoms with Crippen LogP contribution < -0.4 is 0 Å². The number of nitrogens with zero attached hydrogens (tertiary/aromatic N) is 2. The van der Waals surface area contributed by atoms with E-state index in [9.17, 15) is 4.79 Å². The Kier molecular flexibility index (Phi) is 5.58. The molecule has 158 valence electrons. The van der Waals surface area contributed by atoms with Gasteiger partial charge in [-0.2, -0.15) is 0 Å². The van der Waals surface area contributed by atoms with E-state index in [4.69, 9.17) is 8.94 Å². The second kappa shape index (κ2) is 8.00. The first kappa shape index (κ1) is 20.2. The molecule has 5 nitrogen and oxygen atoms in total. The highest BCUT2D eigenvalue weighted by Crippen LogP contribution is 2.40. The van der Waals surface area contributed by atoms with Gasteiger partial charge in [0, 0.05) is 18.2 Å². The average molecular weight is 399 g/mol. The Balaban J connectivity index is 1.58. The smallest absolute Gasteiger partial charge is 0.276 e. The zero-order chi connectivity index (χ0) is 20.6. The number of furan rings is 1.